The minimum absolute atomic E-state index is 0.0497. The van der Waals surface area contributed by atoms with E-state index in [1.54, 1.807) is 0 Å². The molecule has 0 N–H and O–H groups in total. The number of rotatable bonds is 17. The third-order valence-electron chi connectivity index (χ3n) is 3.63. The summed E-state index contributed by atoms with van der Waals surface area (Å²) in [6, 6.07) is 0. The maximum Gasteiger partial charge on any atom is 1.00 e. The van der Waals surface area contributed by atoms with Gasteiger partial charge in [0, 0.05) is 19.6 Å². The molecule has 0 fully saturated rings. The van der Waals surface area contributed by atoms with Crippen LogP contribution in [-0.2, 0) is 21.0 Å². The van der Waals surface area contributed by atoms with Crippen molar-refractivity contribution in [3.8, 4) is 0 Å². The fraction of sp³-hybridized carbons (Fsp3) is 0.889. The van der Waals surface area contributed by atoms with Gasteiger partial charge in [0.2, 0.25) is 0 Å². The normalized spacial score (nSPS) is 10.6. The second kappa shape index (κ2) is 17.4. The van der Waals surface area contributed by atoms with Gasteiger partial charge in [-0.05, 0) is 19.3 Å². The number of hydrogen-bond acceptors (Lipinski definition) is 5. The number of carbonyl (C=O) groups excluding carboxylic acids is 2. The predicted molar refractivity (Wildman–Crippen MR) is 96.6 cm³/mol. The first-order chi connectivity index (χ1) is 11.6. The van der Waals surface area contributed by atoms with Crippen LogP contribution in [0, 0.1) is 0 Å². The molecule has 0 aliphatic heterocycles. The highest BCUT2D eigenvalue weighted by atomic mass is 27.3. The molecule has 0 aromatic rings. The molecular weight excluding hydrogens is 323 g/mol. The Kier molecular flexibility index (Phi) is 17.1. The number of Topliss-reactive ketones (excluding diaryl/α,β-unsaturated/α-hetero) is 1. The quantitative estimate of drug-likeness (QED) is 0.218. The minimum Gasteiger partial charge on any atom is -0.572 e. The lowest BCUT2D eigenvalue weighted by Crippen LogP contribution is -2.31. The third kappa shape index (κ3) is 15.1. The van der Waals surface area contributed by atoms with Crippen LogP contribution in [0.5, 0.6) is 0 Å². The molecule has 0 aliphatic rings. The monoisotopic (exact) mass is 358 g/mol. The standard InChI is InChI=1S/C10H18O3.2C4H9O.Al/c1-2-3-4-5-6-7-9(11)8-10(12)13;2*1-2-3-4-5;/h2-8H2,1H3,(H,12,13);2*2-4H2,1H3;/q;2*-1;+3/p-1. The molecule has 0 unspecified atom stereocenters. The minimum atomic E-state index is -2.46. The highest BCUT2D eigenvalue weighted by Crippen LogP contribution is 2.07. The van der Waals surface area contributed by atoms with E-state index in [0.717, 1.165) is 44.9 Å². The fourth-order valence-corrected chi connectivity index (χ4v) is 3.34. The molecule has 24 heavy (non-hydrogen) atoms. The number of ketones is 1. The molecule has 0 aromatic carbocycles. The third-order valence-corrected chi connectivity index (χ3v) is 5.10. The molecule has 0 rings (SSSR count). The smallest absolute Gasteiger partial charge is 0.572 e. The van der Waals surface area contributed by atoms with Gasteiger partial charge in [0.05, 0.1) is 0 Å². The van der Waals surface area contributed by atoms with Gasteiger partial charge in [0.1, 0.15) is 12.2 Å². The topological polar surface area (TPSA) is 61.8 Å². The van der Waals surface area contributed by atoms with Crippen molar-refractivity contribution in [1.82, 2.24) is 0 Å². The summed E-state index contributed by atoms with van der Waals surface area (Å²) < 4.78 is 16.4. The Bertz CT molecular complexity index is 313. The van der Waals surface area contributed by atoms with Crippen LogP contribution in [0.4, 0.5) is 0 Å². The summed E-state index contributed by atoms with van der Waals surface area (Å²) in [7, 11) is 0. The van der Waals surface area contributed by atoms with Crippen LogP contribution < -0.4 is 0 Å². The van der Waals surface area contributed by atoms with Crippen LogP contribution >= 0.6 is 0 Å². The Labute approximate surface area is 152 Å². The van der Waals surface area contributed by atoms with E-state index in [4.69, 9.17) is 11.4 Å². The molecule has 140 valence electrons. The molecule has 0 radical (unpaired) electrons. The van der Waals surface area contributed by atoms with Crippen molar-refractivity contribution in [2.45, 2.75) is 91.4 Å². The molecule has 0 heterocycles. The van der Waals surface area contributed by atoms with Crippen LogP contribution in [0.25, 0.3) is 0 Å². The molecule has 0 aliphatic carbocycles. The van der Waals surface area contributed by atoms with E-state index in [1.807, 2.05) is 0 Å². The number of hydrogen-bond donors (Lipinski definition) is 0. The van der Waals surface area contributed by atoms with Crippen molar-refractivity contribution in [2.24, 2.45) is 0 Å². The maximum absolute atomic E-state index is 11.9. The largest absolute Gasteiger partial charge is 1.00 e. The van der Waals surface area contributed by atoms with Gasteiger partial charge >= 0.3 is 15.1 Å². The van der Waals surface area contributed by atoms with E-state index in [9.17, 15) is 9.59 Å². The van der Waals surface area contributed by atoms with E-state index in [1.165, 1.54) is 12.8 Å². The number of unbranched alkanes of at least 4 members (excludes halogenated alkanes) is 6. The van der Waals surface area contributed by atoms with Crippen LogP contribution in [0.2, 0.25) is 0 Å². The second-order valence-corrected chi connectivity index (χ2v) is 7.59. The zero-order valence-corrected chi connectivity index (χ0v) is 17.0. The summed E-state index contributed by atoms with van der Waals surface area (Å²) in [5.74, 6) is -0.551. The average Bonchev–Trinajstić information content (AvgIpc) is 2.54. The van der Waals surface area contributed by atoms with Crippen molar-refractivity contribution in [1.29, 1.82) is 0 Å². The van der Waals surface area contributed by atoms with Crippen molar-refractivity contribution in [3.63, 3.8) is 0 Å². The highest BCUT2D eigenvalue weighted by molar-refractivity contribution is 6.39. The van der Waals surface area contributed by atoms with Crippen LogP contribution in [0.1, 0.15) is 91.4 Å². The first-order valence-corrected chi connectivity index (χ1v) is 11.0. The van der Waals surface area contributed by atoms with Crippen molar-refractivity contribution in [2.75, 3.05) is 13.2 Å². The zero-order valence-electron chi connectivity index (χ0n) is 15.8. The Morgan fingerprint density at radius 1 is 0.750 bits per heavy atom. The first kappa shape index (κ1) is 23.6. The highest BCUT2D eigenvalue weighted by Gasteiger charge is 2.37. The van der Waals surface area contributed by atoms with Crippen LogP contribution in [0.3, 0.4) is 0 Å². The summed E-state index contributed by atoms with van der Waals surface area (Å²) in [5, 5.41) is 0. The van der Waals surface area contributed by atoms with Gasteiger partial charge < -0.3 is 11.4 Å². The van der Waals surface area contributed by atoms with Crippen molar-refractivity contribution < 1.29 is 21.0 Å². The first-order valence-electron chi connectivity index (χ1n) is 9.58. The van der Waals surface area contributed by atoms with E-state index >= 15 is 0 Å². The van der Waals surface area contributed by atoms with E-state index < -0.39 is 21.1 Å². The summed E-state index contributed by atoms with van der Waals surface area (Å²) in [5.41, 5.74) is 0. The van der Waals surface area contributed by atoms with Gasteiger partial charge in [-0.2, -0.15) is 0 Å². The predicted octanol–water partition coefficient (Wildman–Crippen LogP) is 4.47. The molecule has 6 heteroatoms. The lowest BCUT2D eigenvalue weighted by atomic mass is 10.1. The van der Waals surface area contributed by atoms with Crippen LogP contribution in [0.15, 0.2) is 0 Å². The second-order valence-electron chi connectivity index (χ2n) is 6.11. The molecular formula is C18H35AlO5. The number of carbonyl (C=O) groups is 2. The summed E-state index contributed by atoms with van der Waals surface area (Å²) >= 11 is -2.46. The molecule has 0 atom stereocenters. The molecule has 0 spiro atoms. The van der Waals surface area contributed by atoms with Gasteiger partial charge in [0.25, 0.3) is 5.97 Å². The van der Waals surface area contributed by atoms with Gasteiger partial charge in [-0.25, -0.2) is 0 Å². The lowest BCUT2D eigenvalue weighted by Gasteiger charge is -2.13. The lowest BCUT2D eigenvalue weighted by molar-refractivity contribution is -0.141. The average molecular weight is 358 g/mol. The molecule has 0 amide bonds. The Morgan fingerprint density at radius 2 is 1.29 bits per heavy atom. The van der Waals surface area contributed by atoms with Gasteiger partial charge in [-0.15, -0.1) is 0 Å². The van der Waals surface area contributed by atoms with E-state index in [-0.39, 0.29) is 12.2 Å². The Morgan fingerprint density at radius 3 is 1.83 bits per heavy atom. The zero-order chi connectivity index (χ0) is 18.0. The summed E-state index contributed by atoms with van der Waals surface area (Å²) in [4.78, 5) is 23.7. The van der Waals surface area contributed by atoms with Gasteiger partial charge in [0.15, 0.2) is 0 Å². The van der Waals surface area contributed by atoms with Crippen molar-refractivity contribution >= 4 is 26.9 Å². The summed E-state index contributed by atoms with van der Waals surface area (Å²) in [6.07, 6.45) is 9.59. The van der Waals surface area contributed by atoms with E-state index in [2.05, 4.69) is 20.8 Å². The Balaban J connectivity index is 4.01. The Hall–Kier alpha value is -0.408. The molecule has 5 nitrogen and oxygen atoms in total. The molecule has 0 saturated carbocycles. The van der Waals surface area contributed by atoms with Crippen molar-refractivity contribution in [3.05, 3.63) is 0 Å². The molecule has 0 aromatic heterocycles. The SMILES string of the molecule is CCCCCCCC(=O)CC(=O)[O][Al]([O]CCCC)[O]CCCC. The molecule has 0 saturated heterocycles. The van der Waals surface area contributed by atoms with E-state index in [0.29, 0.717) is 19.6 Å². The summed E-state index contributed by atoms with van der Waals surface area (Å²) in [6.45, 7) is 7.38. The maximum atomic E-state index is 11.9. The fourth-order valence-electron chi connectivity index (χ4n) is 2.09. The van der Waals surface area contributed by atoms with Gasteiger partial charge in [-0.3, -0.25) is 9.59 Å². The van der Waals surface area contributed by atoms with Crippen LogP contribution in [-0.4, -0.2) is 40.1 Å². The van der Waals surface area contributed by atoms with Gasteiger partial charge in [-0.1, -0.05) is 59.3 Å². The molecule has 0 bridgehead atoms.